The van der Waals surface area contributed by atoms with Gasteiger partial charge in [0.15, 0.2) is 0 Å². The quantitative estimate of drug-likeness (QED) is 0.676. The molecule has 1 aliphatic rings. The highest BCUT2D eigenvalue weighted by molar-refractivity contribution is 5.46. The molecule has 0 amide bonds. The molecule has 3 nitrogen and oxygen atoms in total. The second-order valence-corrected chi connectivity index (χ2v) is 3.55. The number of hydrogen-bond donors (Lipinski definition) is 2. The van der Waals surface area contributed by atoms with Crippen LogP contribution in [0.3, 0.4) is 0 Å². The zero-order chi connectivity index (χ0) is 9.10. The Balaban J connectivity index is 2.18. The van der Waals surface area contributed by atoms with E-state index in [0.717, 1.165) is 18.8 Å². The van der Waals surface area contributed by atoms with E-state index in [4.69, 9.17) is 5.73 Å². The van der Waals surface area contributed by atoms with Crippen LogP contribution >= 0.6 is 0 Å². The average Bonchev–Trinajstić information content (AvgIpc) is 2.20. The lowest BCUT2D eigenvalue weighted by atomic mass is 9.91. The lowest BCUT2D eigenvalue weighted by Gasteiger charge is -2.23. The predicted octanol–water partition coefficient (Wildman–Crippen LogP) is 1.13. The number of nitrogen functional groups attached to an aromatic ring is 1. The van der Waals surface area contributed by atoms with Crippen molar-refractivity contribution < 1.29 is 0 Å². The monoisotopic (exact) mass is 177 g/mol. The molecule has 0 radical (unpaired) electrons. The van der Waals surface area contributed by atoms with Crippen molar-refractivity contribution in [1.29, 1.82) is 0 Å². The number of piperidine rings is 1. The first kappa shape index (κ1) is 8.51. The smallest absolute Gasteiger partial charge is 0.0536 e. The van der Waals surface area contributed by atoms with E-state index in [0.29, 0.717) is 5.92 Å². The van der Waals surface area contributed by atoms with Crippen LogP contribution < -0.4 is 11.1 Å². The summed E-state index contributed by atoms with van der Waals surface area (Å²) in [6.07, 6.45) is 6.04. The van der Waals surface area contributed by atoms with Crippen LogP contribution in [0.25, 0.3) is 0 Å². The third kappa shape index (κ3) is 1.80. The number of rotatable bonds is 1. The van der Waals surface area contributed by atoms with Gasteiger partial charge in [0.2, 0.25) is 0 Å². The normalized spacial score (nSPS) is 22.9. The summed E-state index contributed by atoms with van der Waals surface area (Å²) in [5.74, 6) is 0.580. The van der Waals surface area contributed by atoms with Gasteiger partial charge in [-0.3, -0.25) is 4.98 Å². The third-order valence-corrected chi connectivity index (χ3v) is 2.62. The number of pyridine rings is 1. The SMILES string of the molecule is Nc1cnccc1C1CCCNC1. The van der Waals surface area contributed by atoms with Gasteiger partial charge < -0.3 is 11.1 Å². The Labute approximate surface area is 78.4 Å². The summed E-state index contributed by atoms with van der Waals surface area (Å²) in [6, 6.07) is 2.03. The molecule has 1 atom stereocenters. The molecule has 13 heavy (non-hydrogen) atoms. The molecule has 1 aromatic heterocycles. The van der Waals surface area contributed by atoms with Crippen LogP contribution in [-0.2, 0) is 0 Å². The maximum absolute atomic E-state index is 5.86. The lowest BCUT2D eigenvalue weighted by molar-refractivity contribution is 0.462. The summed E-state index contributed by atoms with van der Waals surface area (Å²) < 4.78 is 0. The molecule has 1 saturated heterocycles. The second kappa shape index (κ2) is 3.75. The maximum atomic E-state index is 5.86. The van der Waals surface area contributed by atoms with Crippen molar-refractivity contribution in [2.45, 2.75) is 18.8 Å². The number of aromatic nitrogens is 1. The Hall–Kier alpha value is -1.09. The maximum Gasteiger partial charge on any atom is 0.0536 e. The summed E-state index contributed by atoms with van der Waals surface area (Å²) in [7, 11) is 0. The van der Waals surface area contributed by atoms with Crippen LogP contribution in [0.4, 0.5) is 5.69 Å². The van der Waals surface area contributed by atoms with Crippen LogP contribution in [-0.4, -0.2) is 18.1 Å². The van der Waals surface area contributed by atoms with Gasteiger partial charge in [0.25, 0.3) is 0 Å². The number of nitrogens with one attached hydrogen (secondary N) is 1. The fourth-order valence-corrected chi connectivity index (χ4v) is 1.91. The molecule has 2 heterocycles. The zero-order valence-corrected chi connectivity index (χ0v) is 7.66. The highest BCUT2D eigenvalue weighted by Gasteiger charge is 2.16. The lowest BCUT2D eigenvalue weighted by Crippen LogP contribution is -2.28. The molecule has 2 rings (SSSR count). The van der Waals surface area contributed by atoms with Crippen molar-refractivity contribution in [3.8, 4) is 0 Å². The predicted molar refractivity (Wildman–Crippen MR) is 53.5 cm³/mol. The fraction of sp³-hybridized carbons (Fsp3) is 0.500. The number of nitrogens with zero attached hydrogens (tertiary/aromatic N) is 1. The Morgan fingerprint density at radius 1 is 1.54 bits per heavy atom. The van der Waals surface area contributed by atoms with Gasteiger partial charge >= 0.3 is 0 Å². The van der Waals surface area contributed by atoms with Crippen LogP contribution in [0.1, 0.15) is 24.3 Å². The van der Waals surface area contributed by atoms with Crippen molar-refractivity contribution in [3.63, 3.8) is 0 Å². The van der Waals surface area contributed by atoms with Crippen LogP contribution in [0.15, 0.2) is 18.5 Å². The molecule has 0 aliphatic carbocycles. The number of anilines is 1. The van der Waals surface area contributed by atoms with Crippen molar-refractivity contribution in [2.75, 3.05) is 18.8 Å². The van der Waals surface area contributed by atoms with Gasteiger partial charge in [0.1, 0.15) is 0 Å². The molecule has 1 aromatic rings. The van der Waals surface area contributed by atoms with Crippen LogP contribution in [0, 0.1) is 0 Å². The summed E-state index contributed by atoms with van der Waals surface area (Å²) in [5.41, 5.74) is 7.94. The number of nitrogens with two attached hydrogens (primary N) is 1. The molecular formula is C10H15N3. The van der Waals surface area contributed by atoms with Crippen molar-refractivity contribution in [1.82, 2.24) is 10.3 Å². The second-order valence-electron chi connectivity index (χ2n) is 3.55. The van der Waals surface area contributed by atoms with E-state index in [1.165, 1.54) is 18.4 Å². The first-order valence-electron chi connectivity index (χ1n) is 4.78. The van der Waals surface area contributed by atoms with E-state index in [9.17, 15) is 0 Å². The molecule has 1 fully saturated rings. The molecule has 3 heteroatoms. The van der Waals surface area contributed by atoms with E-state index >= 15 is 0 Å². The molecule has 0 aromatic carbocycles. The summed E-state index contributed by atoms with van der Waals surface area (Å²) >= 11 is 0. The molecule has 0 spiro atoms. The molecule has 0 bridgehead atoms. The van der Waals surface area contributed by atoms with Crippen LogP contribution in [0.5, 0.6) is 0 Å². The van der Waals surface area contributed by atoms with Gasteiger partial charge in [-0.05, 0) is 36.9 Å². The topological polar surface area (TPSA) is 50.9 Å². The molecule has 1 aliphatic heterocycles. The first-order chi connectivity index (χ1) is 6.38. The van der Waals surface area contributed by atoms with Crippen molar-refractivity contribution in [3.05, 3.63) is 24.0 Å². The zero-order valence-electron chi connectivity index (χ0n) is 7.66. The molecule has 0 saturated carbocycles. The highest BCUT2D eigenvalue weighted by atomic mass is 14.9. The van der Waals surface area contributed by atoms with E-state index in [2.05, 4.69) is 10.3 Å². The third-order valence-electron chi connectivity index (χ3n) is 2.62. The summed E-state index contributed by atoms with van der Waals surface area (Å²) in [6.45, 7) is 2.19. The largest absolute Gasteiger partial charge is 0.397 e. The van der Waals surface area contributed by atoms with Gasteiger partial charge in [-0.15, -0.1) is 0 Å². The van der Waals surface area contributed by atoms with E-state index < -0.39 is 0 Å². The van der Waals surface area contributed by atoms with Gasteiger partial charge in [-0.25, -0.2) is 0 Å². The van der Waals surface area contributed by atoms with Gasteiger partial charge in [0.05, 0.1) is 11.9 Å². The fourth-order valence-electron chi connectivity index (χ4n) is 1.91. The first-order valence-corrected chi connectivity index (χ1v) is 4.78. The minimum atomic E-state index is 0.580. The Bertz CT molecular complexity index is 279. The van der Waals surface area contributed by atoms with Gasteiger partial charge in [0, 0.05) is 12.7 Å². The minimum absolute atomic E-state index is 0.580. The van der Waals surface area contributed by atoms with E-state index in [-0.39, 0.29) is 0 Å². The minimum Gasteiger partial charge on any atom is -0.397 e. The van der Waals surface area contributed by atoms with Crippen molar-refractivity contribution in [2.24, 2.45) is 0 Å². The van der Waals surface area contributed by atoms with Gasteiger partial charge in [-0.2, -0.15) is 0 Å². The Kier molecular flexibility index (Phi) is 2.45. The Morgan fingerprint density at radius 2 is 2.46 bits per heavy atom. The Morgan fingerprint density at radius 3 is 3.15 bits per heavy atom. The van der Waals surface area contributed by atoms with E-state index in [1.807, 2.05) is 12.3 Å². The highest BCUT2D eigenvalue weighted by Crippen LogP contribution is 2.26. The molecule has 70 valence electrons. The summed E-state index contributed by atoms with van der Waals surface area (Å²) in [5, 5.41) is 3.38. The van der Waals surface area contributed by atoms with Crippen LogP contribution in [0.2, 0.25) is 0 Å². The number of hydrogen-bond acceptors (Lipinski definition) is 3. The van der Waals surface area contributed by atoms with Gasteiger partial charge in [-0.1, -0.05) is 0 Å². The summed E-state index contributed by atoms with van der Waals surface area (Å²) in [4.78, 5) is 3.99. The molecule has 1 unspecified atom stereocenters. The molecular weight excluding hydrogens is 162 g/mol. The van der Waals surface area contributed by atoms with E-state index in [1.54, 1.807) is 6.20 Å². The average molecular weight is 177 g/mol. The van der Waals surface area contributed by atoms with Crippen molar-refractivity contribution >= 4 is 5.69 Å². The molecule has 3 N–H and O–H groups in total. The standard InChI is InChI=1S/C10H15N3/c11-10-7-13-5-3-9(10)8-2-1-4-12-6-8/h3,5,7-8,12H,1-2,4,6,11H2.